The van der Waals surface area contributed by atoms with Crippen LogP contribution < -0.4 is 0 Å². The number of rotatable bonds is 3. The lowest BCUT2D eigenvalue weighted by Crippen LogP contribution is -2.30. The van der Waals surface area contributed by atoms with Gasteiger partial charge in [-0.3, -0.25) is 0 Å². The lowest BCUT2D eigenvalue weighted by Gasteiger charge is -2.21. The van der Waals surface area contributed by atoms with E-state index in [1.807, 2.05) is 19.9 Å². The highest BCUT2D eigenvalue weighted by atomic mass is 79.9. The van der Waals surface area contributed by atoms with Gasteiger partial charge < -0.3 is 4.52 Å². The smallest absolute Gasteiger partial charge is 0.244 e. The molecule has 3 heterocycles. The number of thiophene rings is 1. The summed E-state index contributed by atoms with van der Waals surface area (Å²) in [5, 5.41) is 3.87. The van der Waals surface area contributed by atoms with E-state index in [0.717, 1.165) is 27.2 Å². The van der Waals surface area contributed by atoms with E-state index in [1.54, 1.807) is 6.07 Å². The van der Waals surface area contributed by atoms with Gasteiger partial charge in [-0.1, -0.05) is 5.16 Å². The van der Waals surface area contributed by atoms with Gasteiger partial charge in [-0.15, -0.1) is 11.3 Å². The second-order valence-corrected chi connectivity index (χ2v) is 9.61. The van der Waals surface area contributed by atoms with Crippen molar-refractivity contribution in [1.82, 2.24) is 9.46 Å². The Labute approximate surface area is 136 Å². The zero-order valence-corrected chi connectivity index (χ0v) is 14.9. The molecule has 1 aliphatic heterocycles. The van der Waals surface area contributed by atoms with Crippen LogP contribution in [-0.4, -0.2) is 24.4 Å². The Kier molecular flexibility index (Phi) is 3.98. The maximum Gasteiger partial charge on any atom is 0.244 e. The molecule has 0 bridgehead atoms. The molecule has 0 N–H and O–H groups in total. The molecule has 1 fully saturated rings. The third-order valence-electron chi connectivity index (χ3n) is 3.61. The predicted octanol–water partition coefficient (Wildman–Crippen LogP) is 3.64. The molecule has 0 amide bonds. The number of nitrogens with zero attached hydrogens (tertiary/aromatic N) is 2. The minimum Gasteiger partial charge on any atom is -0.359 e. The summed E-state index contributed by atoms with van der Waals surface area (Å²) in [6.07, 6.45) is 1.59. The lowest BCUT2D eigenvalue weighted by atomic mass is 10.2. The Morgan fingerprint density at radius 1 is 1.43 bits per heavy atom. The van der Waals surface area contributed by atoms with Crippen molar-refractivity contribution in [3.05, 3.63) is 32.3 Å². The summed E-state index contributed by atoms with van der Waals surface area (Å²) in [5.74, 6) is 0.625. The third-order valence-corrected chi connectivity index (χ3v) is 7.32. The van der Waals surface area contributed by atoms with E-state index in [4.69, 9.17) is 4.52 Å². The van der Waals surface area contributed by atoms with Crippen LogP contribution in [0, 0.1) is 13.8 Å². The van der Waals surface area contributed by atoms with E-state index in [9.17, 15) is 8.42 Å². The van der Waals surface area contributed by atoms with Crippen molar-refractivity contribution in [2.45, 2.75) is 37.6 Å². The first kappa shape index (κ1) is 15.2. The predicted molar refractivity (Wildman–Crippen MR) is 83.9 cm³/mol. The second-order valence-electron chi connectivity index (χ2n) is 5.12. The summed E-state index contributed by atoms with van der Waals surface area (Å²) >= 11 is 4.79. The molecule has 5 nitrogen and oxygen atoms in total. The fourth-order valence-electron chi connectivity index (χ4n) is 2.67. The minimum atomic E-state index is -3.51. The molecule has 0 saturated carbocycles. The number of aromatic nitrogens is 1. The van der Waals surface area contributed by atoms with Crippen molar-refractivity contribution in [2.24, 2.45) is 0 Å². The number of halogens is 1. The third kappa shape index (κ3) is 2.69. The Morgan fingerprint density at radius 2 is 2.19 bits per heavy atom. The van der Waals surface area contributed by atoms with Crippen molar-refractivity contribution in [3.8, 4) is 0 Å². The molecule has 21 heavy (non-hydrogen) atoms. The van der Waals surface area contributed by atoms with Gasteiger partial charge in [0.15, 0.2) is 5.76 Å². The molecule has 2 aromatic rings. The van der Waals surface area contributed by atoms with Crippen molar-refractivity contribution in [2.75, 3.05) is 6.54 Å². The van der Waals surface area contributed by atoms with E-state index in [1.165, 1.54) is 15.6 Å². The molecule has 1 unspecified atom stereocenters. The van der Waals surface area contributed by atoms with E-state index in [-0.39, 0.29) is 6.04 Å². The van der Waals surface area contributed by atoms with Crippen LogP contribution in [0.1, 0.15) is 35.2 Å². The number of hydrogen-bond acceptors (Lipinski definition) is 5. The van der Waals surface area contributed by atoms with Gasteiger partial charge in [-0.2, -0.15) is 4.31 Å². The van der Waals surface area contributed by atoms with Gasteiger partial charge in [-0.25, -0.2) is 8.42 Å². The molecule has 0 aliphatic carbocycles. The van der Waals surface area contributed by atoms with Gasteiger partial charge in [0.2, 0.25) is 10.0 Å². The summed E-state index contributed by atoms with van der Waals surface area (Å²) in [4.78, 5) is 1.17. The van der Waals surface area contributed by atoms with Gasteiger partial charge in [0.05, 0.1) is 20.4 Å². The van der Waals surface area contributed by atoms with Gasteiger partial charge in [0.1, 0.15) is 0 Å². The van der Waals surface area contributed by atoms with Crippen LogP contribution in [0.15, 0.2) is 25.3 Å². The molecule has 3 rings (SSSR count). The van der Waals surface area contributed by atoms with Crippen LogP contribution in [0.25, 0.3) is 0 Å². The first-order valence-electron chi connectivity index (χ1n) is 6.60. The topological polar surface area (TPSA) is 63.4 Å². The van der Waals surface area contributed by atoms with Crippen molar-refractivity contribution in [1.29, 1.82) is 0 Å². The van der Waals surface area contributed by atoms with Gasteiger partial charge >= 0.3 is 0 Å². The molecule has 0 radical (unpaired) electrons. The van der Waals surface area contributed by atoms with Gasteiger partial charge in [0, 0.05) is 17.5 Å². The van der Waals surface area contributed by atoms with Crippen LogP contribution in [0.4, 0.5) is 0 Å². The highest BCUT2D eigenvalue weighted by Gasteiger charge is 2.39. The minimum absolute atomic E-state index is 0.255. The van der Waals surface area contributed by atoms with Crippen LogP contribution in [0.2, 0.25) is 0 Å². The molecule has 114 valence electrons. The van der Waals surface area contributed by atoms with Crippen LogP contribution in [-0.2, 0) is 10.0 Å². The molecule has 0 aromatic carbocycles. The summed E-state index contributed by atoms with van der Waals surface area (Å²) < 4.78 is 33.5. The van der Waals surface area contributed by atoms with E-state index >= 15 is 0 Å². The fraction of sp³-hybridized carbons (Fsp3) is 0.462. The van der Waals surface area contributed by atoms with Crippen molar-refractivity contribution < 1.29 is 12.9 Å². The molecule has 1 aliphatic rings. The fourth-order valence-corrected chi connectivity index (χ4v) is 6.72. The quantitative estimate of drug-likeness (QED) is 0.802. The van der Waals surface area contributed by atoms with E-state index < -0.39 is 10.0 Å². The lowest BCUT2D eigenvalue weighted by molar-refractivity contribution is 0.297. The normalized spacial score (nSPS) is 20.2. The molecule has 8 heteroatoms. The maximum absolute atomic E-state index is 12.9. The molecular weight excluding hydrogens is 376 g/mol. The molecule has 1 saturated heterocycles. The first-order valence-corrected chi connectivity index (χ1v) is 9.65. The molecule has 0 spiro atoms. The Balaban J connectivity index is 2.00. The standard InChI is InChI=1S/C13H15BrN2O3S2/c1-8-6-11(19-15-8)10-4-3-5-16(10)21(17,18)12-7-13(14)20-9(12)2/h6-7,10H,3-5H2,1-2H3. The number of hydrogen-bond donors (Lipinski definition) is 0. The SMILES string of the molecule is Cc1cc(C2CCCN2S(=O)(=O)c2cc(Br)sc2C)on1. The molecule has 2 aromatic heterocycles. The average molecular weight is 391 g/mol. The highest BCUT2D eigenvalue weighted by molar-refractivity contribution is 9.11. The largest absolute Gasteiger partial charge is 0.359 e. The average Bonchev–Trinajstić information content (AvgIpc) is 3.08. The molecular formula is C13H15BrN2O3S2. The summed E-state index contributed by atoms with van der Waals surface area (Å²) in [5.41, 5.74) is 0.767. The molecule has 1 atom stereocenters. The number of aryl methyl sites for hydroxylation is 2. The highest BCUT2D eigenvalue weighted by Crippen LogP contribution is 2.39. The summed E-state index contributed by atoms with van der Waals surface area (Å²) in [6, 6.07) is 3.24. The number of sulfonamides is 1. The van der Waals surface area contributed by atoms with Crippen molar-refractivity contribution in [3.63, 3.8) is 0 Å². The monoisotopic (exact) mass is 390 g/mol. The van der Waals surface area contributed by atoms with Crippen LogP contribution >= 0.6 is 27.3 Å². The van der Waals surface area contributed by atoms with Gasteiger partial charge in [0.25, 0.3) is 0 Å². The van der Waals surface area contributed by atoms with Crippen molar-refractivity contribution >= 4 is 37.3 Å². The summed E-state index contributed by atoms with van der Waals surface area (Å²) in [6.45, 7) is 4.17. The zero-order valence-electron chi connectivity index (χ0n) is 11.7. The summed E-state index contributed by atoms with van der Waals surface area (Å²) in [7, 11) is -3.51. The second kappa shape index (κ2) is 5.49. The van der Waals surface area contributed by atoms with Crippen LogP contribution in [0.5, 0.6) is 0 Å². The zero-order chi connectivity index (χ0) is 15.2. The Bertz CT molecular complexity index is 766. The van der Waals surface area contributed by atoms with Crippen LogP contribution in [0.3, 0.4) is 0 Å². The maximum atomic E-state index is 12.9. The Hall–Kier alpha value is -0.700. The Morgan fingerprint density at radius 3 is 2.76 bits per heavy atom. The van der Waals surface area contributed by atoms with E-state index in [2.05, 4.69) is 21.1 Å². The first-order chi connectivity index (χ1) is 9.89. The van der Waals surface area contributed by atoms with E-state index in [0.29, 0.717) is 17.2 Å². The van der Waals surface area contributed by atoms with Gasteiger partial charge in [-0.05, 0) is 48.7 Å².